The van der Waals surface area contributed by atoms with Gasteiger partial charge in [-0.1, -0.05) is 30.3 Å². The Morgan fingerprint density at radius 3 is 2.19 bits per heavy atom. The molecule has 220 valence electrons. The number of aromatic amines is 1. The molecular weight excluding hydrogens is 562 g/mol. The van der Waals surface area contributed by atoms with Gasteiger partial charge < -0.3 is 28.8 Å². The summed E-state index contributed by atoms with van der Waals surface area (Å²) in [6.45, 7) is 1.94. The van der Waals surface area contributed by atoms with Gasteiger partial charge in [-0.3, -0.25) is 5.10 Å². The maximum atomic E-state index is 14.5. The van der Waals surface area contributed by atoms with E-state index in [-0.39, 0.29) is 28.8 Å². The van der Waals surface area contributed by atoms with Crippen molar-refractivity contribution in [2.75, 3.05) is 38.1 Å². The smallest absolute Gasteiger partial charge is 0.273 e. The van der Waals surface area contributed by atoms with E-state index < -0.39 is 10.0 Å². The standard InChI is InChI=1S/C29H31N5O7S/c1-6-19-14-27(32-31-19)30-22-16-25-21(15-26(22)40-5)29(33-41-25)34(17-18-10-12-20(37-2)13-11-18)42(35,36)28-23(38-3)8-7-9-24(28)39-4/h7-16H,6,17H2,1-5H3,(H2,30,31,32). The predicted octanol–water partition coefficient (Wildman–Crippen LogP) is 5.29. The molecular formula is C29H31N5O7S. The molecule has 2 heterocycles. The van der Waals surface area contributed by atoms with Crippen molar-refractivity contribution in [1.82, 2.24) is 15.4 Å². The summed E-state index contributed by atoms with van der Waals surface area (Å²) < 4.78 is 57.6. The van der Waals surface area contributed by atoms with Gasteiger partial charge in [0.2, 0.25) is 0 Å². The SMILES string of the molecule is CCc1cc(Nc2cc3onc(N(Cc4ccc(OC)cc4)S(=O)(=O)c4c(OC)cccc4OC)c3cc2OC)n[nH]1. The quantitative estimate of drug-likeness (QED) is 0.196. The maximum absolute atomic E-state index is 14.5. The van der Waals surface area contributed by atoms with Gasteiger partial charge in [0.15, 0.2) is 22.1 Å². The third-order valence-corrected chi connectivity index (χ3v) is 8.50. The molecule has 0 aliphatic rings. The number of hydrogen-bond acceptors (Lipinski definition) is 10. The molecule has 0 saturated heterocycles. The van der Waals surface area contributed by atoms with Crippen LogP contribution < -0.4 is 28.6 Å². The van der Waals surface area contributed by atoms with Gasteiger partial charge in [0.25, 0.3) is 10.0 Å². The molecule has 0 fully saturated rings. The Morgan fingerprint density at radius 2 is 1.60 bits per heavy atom. The lowest BCUT2D eigenvalue weighted by Gasteiger charge is -2.24. The fourth-order valence-corrected chi connectivity index (χ4v) is 6.21. The van der Waals surface area contributed by atoms with Crippen LogP contribution >= 0.6 is 0 Å². The lowest BCUT2D eigenvalue weighted by atomic mass is 10.2. The molecule has 0 unspecified atom stereocenters. The van der Waals surface area contributed by atoms with E-state index in [9.17, 15) is 8.42 Å². The number of hydrogen-bond donors (Lipinski definition) is 2. The van der Waals surface area contributed by atoms with Gasteiger partial charge in [-0.05, 0) is 42.3 Å². The van der Waals surface area contributed by atoms with Crippen LogP contribution in [-0.4, -0.2) is 52.2 Å². The Bertz CT molecular complexity index is 1780. The predicted molar refractivity (Wildman–Crippen MR) is 158 cm³/mol. The minimum Gasteiger partial charge on any atom is -0.497 e. The zero-order valence-corrected chi connectivity index (χ0v) is 24.6. The Balaban J connectivity index is 1.65. The molecule has 3 aromatic carbocycles. The molecule has 13 heteroatoms. The highest BCUT2D eigenvalue weighted by molar-refractivity contribution is 7.93. The summed E-state index contributed by atoms with van der Waals surface area (Å²) >= 11 is 0. The number of aromatic nitrogens is 3. The topological polar surface area (TPSA) is 141 Å². The molecule has 2 aromatic heterocycles. The van der Waals surface area contributed by atoms with Crippen molar-refractivity contribution in [1.29, 1.82) is 0 Å². The summed E-state index contributed by atoms with van der Waals surface area (Å²) in [5, 5.41) is 15.1. The number of anilines is 3. The molecule has 0 atom stereocenters. The first-order valence-electron chi connectivity index (χ1n) is 13.0. The number of aryl methyl sites for hydroxylation is 1. The van der Waals surface area contributed by atoms with Gasteiger partial charge in [-0.2, -0.15) is 5.10 Å². The van der Waals surface area contributed by atoms with E-state index in [1.807, 2.05) is 13.0 Å². The first-order chi connectivity index (χ1) is 20.3. The highest BCUT2D eigenvalue weighted by Crippen LogP contribution is 2.41. The number of rotatable bonds is 12. The minimum atomic E-state index is -4.33. The number of benzene rings is 3. The number of nitrogens with one attached hydrogen (secondary N) is 2. The number of methoxy groups -OCH3 is 4. The lowest BCUT2D eigenvalue weighted by Crippen LogP contribution is -2.31. The highest BCUT2D eigenvalue weighted by Gasteiger charge is 2.35. The third-order valence-electron chi connectivity index (χ3n) is 6.70. The molecule has 12 nitrogen and oxygen atoms in total. The Labute approximate surface area is 243 Å². The number of sulfonamides is 1. The molecule has 0 bridgehead atoms. The zero-order valence-electron chi connectivity index (χ0n) is 23.8. The fourth-order valence-electron chi connectivity index (χ4n) is 4.50. The Hall–Kier alpha value is -4.91. The number of fused-ring (bicyclic) bond motifs is 1. The van der Waals surface area contributed by atoms with Crippen LogP contribution in [0.25, 0.3) is 11.0 Å². The molecule has 0 aliphatic carbocycles. The fraction of sp³-hybridized carbons (Fsp3) is 0.241. The zero-order chi connectivity index (χ0) is 29.9. The Kier molecular flexibility index (Phi) is 8.11. The van der Waals surface area contributed by atoms with E-state index in [4.69, 9.17) is 23.5 Å². The molecule has 5 aromatic rings. The van der Waals surface area contributed by atoms with Crippen molar-refractivity contribution in [3.63, 3.8) is 0 Å². The van der Waals surface area contributed by atoms with Crippen LogP contribution in [0.2, 0.25) is 0 Å². The first-order valence-corrected chi connectivity index (χ1v) is 14.4. The van der Waals surface area contributed by atoms with Crippen LogP contribution in [0, 0.1) is 0 Å². The van der Waals surface area contributed by atoms with Gasteiger partial charge in [-0.15, -0.1) is 0 Å². The molecule has 0 amide bonds. The number of H-pyrrole nitrogens is 1. The van der Waals surface area contributed by atoms with Crippen LogP contribution in [0.1, 0.15) is 18.2 Å². The van der Waals surface area contributed by atoms with E-state index in [0.29, 0.717) is 39.5 Å². The van der Waals surface area contributed by atoms with E-state index in [2.05, 4.69) is 20.7 Å². The molecule has 2 N–H and O–H groups in total. The summed E-state index contributed by atoms with van der Waals surface area (Å²) in [5.74, 6) is 1.97. The average molecular weight is 594 g/mol. The van der Waals surface area contributed by atoms with Gasteiger partial charge in [0.05, 0.1) is 46.1 Å². The molecule has 0 aliphatic heterocycles. The second-order valence-corrected chi connectivity index (χ2v) is 11.0. The highest BCUT2D eigenvalue weighted by atomic mass is 32.2. The third kappa shape index (κ3) is 5.38. The molecule has 0 radical (unpaired) electrons. The second-order valence-electron chi connectivity index (χ2n) is 9.16. The van der Waals surface area contributed by atoms with Crippen molar-refractivity contribution >= 4 is 38.3 Å². The average Bonchev–Trinajstić information content (AvgIpc) is 3.65. The van der Waals surface area contributed by atoms with Crippen LogP contribution in [0.5, 0.6) is 23.0 Å². The van der Waals surface area contributed by atoms with Gasteiger partial charge in [-0.25, -0.2) is 12.7 Å². The first kappa shape index (κ1) is 28.6. The summed E-state index contributed by atoms with van der Waals surface area (Å²) in [4.78, 5) is -0.143. The van der Waals surface area contributed by atoms with E-state index in [1.165, 1.54) is 21.3 Å². The number of nitrogens with zero attached hydrogens (tertiary/aromatic N) is 3. The second kappa shape index (κ2) is 11.9. The largest absolute Gasteiger partial charge is 0.497 e. The van der Waals surface area contributed by atoms with Crippen molar-refractivity contribution in [2.45, 2.75) is 24.8 Å². The molecule has 5 rings (SSSR count). The van der Waals surface area contributed by atoms with E-state index >= 15 is 0 Å². The van der Waals surface area contributed by atoms with E-state index in [0.717, 1.165) is 16.4 Å². The minimum absolute atomic E-state index is 0.0617. The van der Waals surface area contributed by atoms with Crippen molar-refractivity contribution in [3.8, 4) is 23.0 Å². The Morgan fingerprint density at radius 1 is 0.905 bits per heavy atom. The van der Waals surface area contributed by atoms with Crippen molar-refractivity contribution < 1.29 is 31.9 Å². The summed E-state index contributed by atoms with van der Waals surface area (Å²) in [5.41, 5.74) is 2.55. The maximum Gasteiger partial charge on any atom is 0.273 e. The summed E-state index contributed by atoms with van der Waals surface area (Å²) in [6, 6.07) is 17.1. The van der Waals surface area contributed by atoms with Crippen LogP contribution in [0.4, 0.5) is 17.3 Å². The van der Waals surface area contributed by atoms with Gasteiger partial charge in [0, 0.05) is 17.8 Å². The van der Waals surface area contributed by atoms with Crippen LogP contribution in [0.3, 0.4) is 0 Å². The molecule has 42 heavy (non-hydrogen) atoms. The summed E-state index contributed by atoms with van der Waals surface area (Å²) in [6.07, 6.45) is 0.797. The summed E-state index contributed by atoms with van der Waals surface area (Å²) in [7, 11) is 1.55. The lowest BCUT2D eigenvalue weighted by molar-refractivity contribution is 0.373. The van der Waals surface area contributed by atoms with Crippen LogP contribution in [0.15, 0.2) is 70.1 Å². The van der Waals surface area contributed by atoms with Crippen molar-refractivity contribution in [3.05, 3.63) is 71.9 Å². The molecule has 0 spiro atoms. The van der Waals surface area contributed by atoms with E-state index in [1.54, 1.807) is 61.7 Å². The van der Waals surface area contributed by atoms with Gasteiger partial charge >= 0.3 is 0 Å². The molecule has 0 saturated carbocycles. The monoisotopic (exact) mass is 593 g/mol. The van der Waals surface area contributed by atoms with Crippen molar-refractivity contribution in [2.24, 2.45) is 0 Å². The normalized spacial score (nSPS) is 11.4. The number of ether oxygens (including phenoxy) is 4. The van der Waals surface area contributed by atoms with Crippen LogP contribution in [-0.2, 0) is 23.0 Å². The van der Waals surface area contributed by atoms with Gasteiger partial charge in [0.1, 0.15) is 23.0 Å².